The number of aromatic amines is 1. The molecule has 0 aliphatic rings. The number of nitrogens with one attached hydrogen (secondary N) is 2. The number of rotatable bonds is 4. The standard InChI is InChI=1S/C15H15N3OS/c1-10(15-16-6-7-20-15)9-17-13-8-11-4-2-3-5-12(11)14(19)18-13/h2-8,10H,9H2,1H3,(H2,17,18,19). The highest BCUT2D eigenvalue weighted by molar-refractivity contribution is 7.09. The van der Waals surface area contributed by atoms with Crippen molar-refractivity contribution in [1.82, 2.24) is 9.97 Å². The second-order valence-corrected chi connectivity index (χ2v) is 5.68. The Bertz CT molecular complexity index is 764. The van der Waals surface area contributed by atoms with Crippen molar-refractivity contribution in [1.29, 1.82) is 0 Å². The maximum Gasteiger partial charge on any atom is 0.257 e. The second kappa shape index (κ2) is 5.46. The van der Waals surface area contributed by atoms with E-state index in [1.54, 1.807) is 11.3 Å². The number of nitrogens with zero attached hydrogens (tertiary/aromatic N) is 1. The van der Waals surface area contributed by atoms with Crippen LogP contribution >= 0.6 is 11.3 Å². The summed E-state index contributed by atoms with van der Waals surface area (Å²) >= 11 is 1.65. The van der Waals surface area contributed by atoms with Gasteiger partial charge in [-0.15, -0.1) is 11.3 Å². The number of hydrogen-bond acceptors (Lipinski definition) is 4. The number of hydrogen-bond donors (Lipinski definition) is 2. The third kappa shape index (κ3) is 2.58. The van der Waals surface area contributed by atoms with Gasteiger partial charge in [-0.05, 0) is 17.5 Å². The minimum absolute atomic E-state index is 0.0625. The summed E-state index contributed by atoms with van der Waals surface area (Å²) in [4.78, 5) is 19.1. The third-order valence-corrected chi connectivity index (χ3v) is 4.23. The maximum absolute atomic E-state index is 12.0. The van der Waals surface area contributed by atoms with Crippen LogP contribution in [0.15, 0.2) is 46.7 Å². The molecule has 20 heavy (non-hydrogen) atoms. The van der Waals surface area contributed by atoms with Crippen LogP contribution in [0.4, 0.5) is 5.82 Å². The Hall–Kier alpha value is -2.14. The molecule has 1 aromatic carbocycles. The minimum atomic E-state index is -0.0625. The van der Waals surface area contributed by atoms with Crippen LogP contribution in [-0.4, -0.2) is 16.5 Å². The lowest BCUT2D eigenvalue weighted by Crippen LogP contribution is -2.14. The number of aromatic nitrogens is 2. The highest BCUT2D eigenvalue weighted by Gasteiger charge is 2.08. The molecule has 0 saturated heterocycles. The Morgan fingerprint density at radius 1 is 1.40 bits per heavy atom. The van der Waals surface area contributed by atoms with Gasteiger partial charge in [0.2, 0.25) is 0 Å². The van der Waals surface area contributed by atoms with Crippen LogP contribution < -0.4 is 10.9 Å². The van der Waals surface area contributed by atoms with Crippen molar-refractivity contribution in [2.75, 3.05) is 11.9 Å². The molecule has 0 spiro atoms. The zero-order valence-electron chi connectivity index (χ0n) is 11.1. The van der Waals surface area contributed by atoms with Crippen LogP contribution in [0, 0.1) is 0 Å². The zero-order valence-corrected chi connectivity index (χ0v) is 11.9. The number of benzene rings is 1. The van der Waals surface area contributed by atoms with Gasteiger partial charge in [0.05, 0.1) is 5.01 Å². The largest absolute Gasteiger partial charge is 0.371 e. The van der Waals surface area contributed by atoms with E-state index in [1.165, 1.54) is 0 Å². The molecule has 0 fully saturated rings. The quantitative estimate of drug-likeness (QED) is 0.774. The topological polar surface area (TPSA) is 57.8 Å². The Labute approximate surface area is 120 Å². The van der Waals surface area contributed by atoms with Crippen LogP contribution in [0.5, 0.6) is 0 Å². The van der Waals surface area contributed by atoms with Gasteiger partial charge >= 0.3 is 0 Å². The van der Waals surface area contributed by atoms with Gasteiger partial charge < -0.3 is 10.3 Å². The third-order valence-electron chi connectivity index (χ3n) is 3.23. The predicted molar refractivity (Wildman–Crippen MR) is 83.6 cm³/mol. The SMILES string of the molecule is CC(CNc1cc2ccccc2c(=O)[nH]1)c1nccs1. The summed E-state index contributed by atoms with van der Waals surface area (Å²) in [6.07, 6.45) is 1.81. The molecular weight excluding hydrogens is 270 g/mol. The van der Waals surface area contributed by atoms with E-state index in [0.29, 0.717) is 11.3 Å². The lowest BCUT2D eigenvalue weighted by molar-refractivity contribution is 0.792. The van der Waals surface area contributed by atoms with Crippen molar-refractivity contribution in [3.8, 4) is 0 Å². The van der Waals surface area contributed by atoms with Crippen LogP contribution in [0.2, 0.25) is 0 Å². The predicted octanol–water partition coefficient (Wildman–Crippen LogP) is 3.20. The van der Waals surface area contributed by atoms with E-state index in [4.69, 9.17) is 0 Å². The lowest BCUT2D eigenvalue weighted by atomic mass is 10.1. The molecule has 2 heterocycles. The van der Waals surface area contributed by atoms with Gasteiger partial charge in [0, 0.05) is 29.4 Å². The molecule has 2 N–H and O–H groups in total. The number of thiazole rings is 1. The number of fused-ring (bicyclic) bond motifs is 1. The Morgan fingerprint density at radius 2 is 2.25 bits per heavy atom. The lowest BCUT2D eigenvalue weighted by Gasteiger charge is -2.11. The smallest absolute Gasteiger partial charge is 0.257 e. The molecule has 3 rings (SSSR count). The molecule has 0 aliphatic carbocycles. The minimum Gasteiger partial charge on any atom is -0.371 e. The number of anilines is 1. The fourth-order valence-corrected chi connectivity index (χ4v) is 2.83. The Balaban J connectivity index is 1.80. The monoisotopic (exact) mass is 285 g/mol. The highest BCUT2D eigenvalue weighted by Crippen LogP contribution is 2.18. The summed E-state index contributed by atoms with van der Waals surface area (Å²) in [7, 11) is 0. The van der Waals surface area contributed by atoms with Crippen molar-refractivity contribution < 1.29 is 0 Å². The number of pyridine rings is 1. The molecule has 0 radical (unpaired) electrons. The first-order valence-electron chi connectivity index (χ1n) is 6.49. The summed E-state index contributed by atoms with van der Waals surface area (Å²) in [5, 5.41) is 8.01. The molecule has 1 atom stereocenters. The zero-order chi connectivity index (χ0) is 13.9. The van der Waals surface area contributed by atoms with E-state index in [0.717, 1.165) is 22.8 Å². The fraction of sp³-hybridized carbons (Fsp3) is 0.200. The van der Waals surface area contributed by atoms with Gasteiger partial charge in [-0.1, -0.05) is 25.1 Å². The molecule has 0 amide bonds. The first-order valence-corrected chi connectivity index (χ1v) is 7.37. The van der Waals surface area contributed by atoms with Crippen LogP contribution in [0.3, 0.4) is 0 Å². The molecule has 2 aromatic heterocycles. The van der Waals surface area contributed by atoms with Gasteiger partial charge in [-0.25, -0.2) is 4.98 Å². The van der Waals surface area contributed by atoms with Gasteiger partial charge in [0.15, 0.2) is 0 Å². The summed E-state index contributed by atoms with van der Waals surface area (Å²) in [6, 6.07) is 9.54. The summed E-state index contributed by atoms with van der Waals surface area (Å²) < 4.78 is 0. The van der Waals surface area contributed by atoms with Gasteiger partial charge in [-0.2, -0.15) is 0 Å². The van der Waals surface area contributed by atoms with Gasteiger partial charge in [-0.3, -0.25) is 4.79 Å². The van der Waals surface area contributed by atoms with E-state index in [-0.39, 0.29) is 5.56 Å². The van der Waals surface area contributed by atoms with E-state index in [1.807, 2.05) is 41.9 Å². The Kier molecular flexibility index (Phi) is 3.52. The van der Waals surface area contributed by atoms with E-state index >= 15 is 0 Å². The van der Waals surface area contributed by atoms with Crippen molar-refractivity contribution >= 4 is 27.9 Å². The first kappa shape index (κ1) is 12.9. The number of H-pyrrole nitrogens is 1. The molecule has 4 nitrogen and oxygen atoms in total. The molecule has 3 aromatic rings. The molecule has 5 heteroatoms. The average molecular weight is 285 g/mol. The molecule has 102 valence electrons. The van der Waals surface area contributed by atoms with E-state index < -0.39 is 0 Å². The molecular formula is C15H15N3OS. The van der Waals surface area contributed by atoms with E-state index in [9.17, 15) is 4.79 Å². The van der Waals surface area contributed by atoms with Crippen LogP contribution in [-0.2, 0) is 0 Å². The summed E-state index contributed by atoms with van der Waals surface area (Å²) in [5.74, 6) is 1.06. The molecule has 0 aliphatic heterocycles. The Morgan fingerprint density at radius 3 is 3.05 bits per heavy atom. The highest BCUT2D eigenvalue weighted by atomic mass is 32.1. The molecule has 0 bridgehead atoms. The molecule has 1 unspecified atom stereocenters. The van der Waals surface area contributed by atoms with E-state index in [2.05, 4.69) is 22.2 Å². The first-order chi connectivity index (χ1) is 9.74. The van der Waals surface area contributed by atoms with Crippen molar-refractivity contribution in [2.24, 2.45) is 0 Å². The van der Waals surface area contributed by atoms with Gasteiger partial charge in [0.25, 0.3) is 5.56 Å². The molecule has 0 saturated carbocycles. The maximum atomic E-state index is 12.0. The van der Waals surface area contributed by atoms with Crippen molar-refractivity contribution in [3.63, 3.8) is 0 Å². The normalized spacial score (nSPS) is 12.4. The van der Waals surface area contributed by atoms with Crippen LogP contribution in [0.25, 0.3) is 10.8 Å². The van der Waals surface area contributed by atoms with Gasteiger partial charge in [0.1, 0.15) is 5.82 Å². The summed E-state index contributed by atoms with van der Waals surface area (Å²) in [5.41, 5.74) is -0.0625. The van der Waals surface area contributed by atoms with Crippen molar-refractivity contribution in [2.45, 2.75) is 12.8 Å². The second-order valence-electron chi connectivity index (χ2n) is 4.75. The van der Waals surface area contributed by atoms with Crippen LogP contribution in [0.1, 0.15) is 17.8 Å². The summed E-state index contributed by atoms with van der Waals surface area (Å²) in [6.45, 7) is 2.85. The fourth-order valence-electron chi connectivity index (χ4n) is 2.13. The average Bonchev–Trinajstić information content (AvgIpc) is 2.99. The van der Waals surface area contributed by atoms with Crippen molar-refractivity contribution in [3.05, 3.63) is 57.3 Å².